The third-order valence-corrected chi connectivity index (χ3v) is 9.74. The zero-order valence-corrected chi connectivity index (χ0v) is 30.6. The smallest absolute Gasteiger partial charge is 0.251 e. The largest absolute Gasteiger partial charge is 0.507 e. The summed E-state index contributed by atoms with van der Waals surface area (Å²) in [5, 5.41) is 36.0. The number of carbonyl (C=O) groups excluding carboxylic acids is 1. The number of piperazine rings is 2. The highest BCUT2D eigenvalue weighted by atomic mass is 16.3. The van der Waals surface area contributed by atoms with Crippen LogP contribution in [0.1, 0.15) is 20.3 Å². The third-order valence-electron chi connectivity index (χ3n) is 9.74. The van der Waals surface area contributed by atoms with Crippen molar-refractivity contribution in [3.05, 3.63) is 97.1 Å². The van der Waals surface area contributed by atoms with Crippen LogP contribution in [0.5, 0.6) is 11.5 Å². The van der Waals surface area contributed by atoms with Crippen molar-refractivity contribution in [2.75, 3.05) is 62.2 Å². The van der Waals surface area contributed by atoms with Crippen LogP contribution in [0.2, 0.25) is 0 Å². The summed E-state index contributed by atoms with van der Waals surface area (Å²) in [5.74, 6) is 3.17. The van der Waals surface area contributed by atoms with E-state index in [0.717, 1.165) is 59.6 Å². The molecular weight excluding hydrogens is 681 g/mol. The number of nitrogens with one attached hydrogen (secondary N) is 1. The van der Waals surface area contributed by atoms with Gasteiger partial charge in [-0.25, -0.2) is 19.9 Å². The molecule has 0 radical (unpaired) electrons. The van der Waals surface area contributed by atoms with Gasteiger partial charge in [-0.15, -0.1) is 0 Å². The predicted molar refractivity (Wildman–Crippen MR) is 213 cm³/mol. The fraction of sp³-hybridized carbons (Fsp3) is 0.310. The molecule has 4 aromatic carbocycles. The lowest BCUT2D eigenvalue weighted by atomic mass is 10.0. The van der Waals surface area contributed by atoms with Gasteiger partial charge in [0.15, 0.2) is 11.6 Å². The van der Waals surface area contributed by atoms with Crippen molar-refractivity contribution in [2.24, 2.45) is 5.92 Å². The van der Waals surface area contributed by atoms with E-state index in [0.29, 0.717) is 55.4 Å². The maximum Gasteiger partial charge on any atom is 0.251 e. The molecule has 2 aromatic heterocycles. The monoisotopic (exact) mass is 726 g/mol. The highest BCUT2D eigenvalue weighted by Gasteiger charge is 2.28. The Morgan fingerprint density at radius 2 is 1.07 bits per heavy atom. The summed E-state index contributed by atoms with van der Waals surface area (Å²) in [5.41, 5.74) is 2.95. The van der Waals surface area contributed by atoms with Gasteiger partial charge in [-0.1, -0.05) is 62.4 Å². The van der Waals surface area contributed by atoms with Crippen molar-refractivity contribution in [1.82, 2.24) is 30.2 Å². The van der Waals surface area contributed by atoms with Crippen LogP contribution in [0.3, 0.4) is 0 Å². The summed E-state index contributed by atoms with van der Waals surface area (Å²) in [7, 11) is 0. The minimum absolute atomic E-state index is 0.137. The molecule has 4 N–H and O–H groups in total. The number of benzene rings is 4. The Balaban J connectivity index is 0.000000174. The van der Waals surface area contributed by atoms with E-state index in [1.54, 1.807) is 35.2 Å². The maximum absolute atomic E-state index is 12.6. The molecule has 2 fully saturated rings. The number of nitrogens with zero attached hydrogens (tertiary/aromatic N) is 7. The van der Waals surface area contributed by atoms with E-state index in [-0.39, 0.29) is 23.3 Å². The van der Waals surface area contributed by atoms with Gasteiger partial charge in [0.25, 0.3) is 5.91 Å². The van der Waals surface area contributed by atoms with E-state index >= 15 is 0 Å². The molecule has 0 spiro atoms. The van der Waals surface area contributed by atoms with Crippen molar-refractivity contribution < 1.29 is 20.1 Å². The van der Waals surface area contributed by atoms with Crippen molar-refractivity contribution >= 4 is 39.3 Å². The maximum atomic E-state index is 12.6. The van der Waals surface area contributed by atoms with Crippen LogP contribution < -0.4 is 15.1 Å². The molecule has 0 saturated carbocycles. The SMILES string of the molecule is CC(C)C[C@@H](O)C(=O)N1CCN(c2nc(-c3ccccc3O)nc3ccccc23)CC1.Oc1ccccc1-c1nc(N2CCNCC2)c2ccccc2n1. The number of aliphatic hydroxyl groups excluding tert-OH is 1. The van der Waals surface area contributed by atoms with E-state index in [2.05, 4.69) is 31.2 Å². The van der Waals surface area contributed by atoms with Crippen molar-refractivity contribution in [2.45, 2.75) is 26.4 Å². The molecule has 8 rings (SSSR count). The summed E-state index contributed by atoms with van der Waals surface area (Å²) in [4.78, 5) is 37.6. The molecule has 12 nitrogen and oxygen atoms in total. The quantitative estimate of drug-likeness (QED) is 0.166. The van der Waals surface area contributed by atoms with Crippen LogP contribution in [0, 0.1) is 5.92 Å². The van der Waals surface area contributed by atoms with Crippen LogP contribution in [-0.4, -0.2) is 105 Å². The fourth-order valence-electron chi connectivity index (χ4n) is 6.94. The highest BCUT2D eigenvalue weighted by Crippen LogP contribution is 2.33. The number of phenols is 2. The summed E-state index contributed by atoms with van der Waals surface area (Å²) >= 11 is 0. The second kappa shape index (κ2) is 16.4. The van der Waals surface area contributed by atoms with Gasteiger partial charge < -0.3 is 35.3 Å². The number of aromatic hydroxyl groups is 2. The number of fused-ring (bicyclic) bond motifs is 2. The van der Waals surface area contributed by atoms with Gasteiger partial charge in [0.2, 0.25) is 0 Å². The molecule has 1 amide bonds. The molecule has 0 aliphatic carbocycles. The van der Waals surface area contributed by atoms with Gasteiger partial charge in [0.05, 0.1) is 22.2 Å². The molecule has 0 unspecified atom stereocenters. The van der Waals surface area contributed by atoms with E-state index in [1.165, 1.54) is 0 Å². The highest BCUT2D eigenvalue weighted by molar-refractivity contribution is 5.92. The molecule has 4 heterocycles. The number of hydrogen-bond donors (Lipinski definition) is 4. The van der Waals surface area contributed by atoms with Gasteiger partial charge >= 0.3 is 0 Å². The molecule has 54 heavy (non-hydrogen) atoms. The second-order valence-corrected chi connectivity index (χ2v) is 14.0. The number of aromatic nitrogens is 4. The fourth-order valence-corrected chi connectivity index (χ4v) is 6.94. The Bertz CT molecular complexity index is 2230. The van der Waals surface area contributed by atoms with Gasteiger partial charge in [-0.05, 0) is 60.9 Å². The van der Waals surface area contributed by atoms with Gasteiger partial charge in [0.1, 0.15) is 29.2 Å². The summed E-state index contributed by atoms with van der Waals surface area (Å²) in [6.07, 6.45) is -0.474. The lowest BCUT2D eigenvalue weighted by molar-refractivity contribution is -0.141. The number of amides is 1. The first-order valence-electron chi connectivity index (χ1n) is 18.5. The van der Waals surface area contributed by atoms with Crippen molar-refractivity contribution in [3.63, 3.8) is 0 Å². The topological polar surface area (TPSA) is 151 Å². The third kappa shape index (κ3) is 8.04. The van der Waals surface area contributed by atoms with Gasteiger partial charge in [-0.3, -0.25) is 4.79 Å². The number of aliphatic hydroxyl groups is 1. The van der Waals surface area contributed by atoms with E-state index in [4.69, 9.17) is 9.97 Å². The van der Waals surface area contributed by atoms with E-state index in [9.17, 15) is 20.1 Å². The molecule has 2 aliphatic heterocycles. The lowest BCUT2D eigenvalue weighted by Crippen LogP contribution is -2.52. The minimum Gasteiger partial charge on any atom is -0.507 e. The van der Waals surface area contributed by atoms with Gasteiger partial charge in [-0.2, -0.15) is 0 Å². The number of phenolic OH excluding ortho intramolecular Hbond substituents is 2. The predicted octanol–water partition coefficient (Wildman–Crippen LogP) is 5.47. The number of anilines is 2. The summed E-state index contributed by atoms with van der Waals surface area (Å²) in [6, 6.07) is 30.1. The number of rotatable bonds is 7. The minimum atomic E-state index is -0.945. The summed E-state index contributed by atoms with van der Waals surface area (Å²) < 4.78 is 0. The van der Waals surface area contributed by atoms with Gasteiger partial charge in [0, 0.05) is 63.1 Å². The molecule has 0 bridgehead atoms. The number of hydrogen-bond acceptors (Lipinski definition) is 11. The average molecular weight is 727 g/mol. The Labute approximate surface area is 314 Å². The standard InChI is InChI=1S/C24H28N4O3.C18H18N4O/c1-16(2)15-21(30)24(31)28-13-11-27(12-14-28)23-17-7-3-5-9-19(17)25-22(26-23)18-8-4-6-10-20(18)29;23-16-8-4-2-6-14(16)17-20-15-7-3-1-5-13(15)18(21-17)22-11-9-19-10-12-22/h3-10,16,21,29-30H,11-15H2,1-2H3;1-8,19,23H,9-12H2/t21-;/m1./s1. The van der Waals surface area contributed by atoms with E-state index in [1.807, 2.05) is 74.5 Å². The van der Waals surface area contributed by atoms with Crippen LogP contribution in [-0.2, 0) is 4.79 Å². The first-order valence-corrected chi connectivity index (χ1v) is 18.5. The van der Waals surface area contributed by atoms with Crippen LogP contribution in [0.4, 0.5) is 11.6 Å². The number of carbonyl (C=O) groups is 1. The molecule has 2 aliphatic rings. The average Bonchev–Trinajstić information content (AvgIpc) is 3.20. The zero-order chi connectivity index (χ0) is 37.6. The molecule has 6 aromatic rings. The normalized spacial score (nSPS) is 15.3. The molecular formula is C42H46N8O4. The lowest BCUT2D eigenvalue weighted by Gasteiger charge is -2.37. The molecule has 2 saturated heterocycles. The molecule has 12 heteroatoms. The first kappa shape index (κ1) is 36.5. The first-order chi connectivity index (χ1) is 26.3. The Morgan fingerprint density at radius 3 is 1.56 bits per heavy atom. The Kier molecular flexibility index (Phi) is 11.1. The molecule has 278 valence electrons. The Morgan fingerprint density at radius 1 is 0.630 bits per heavy atom. The zero-order valence-electron chi connectivity index (χ0n) is 30.6. The van der Waals surface area contributed by atoms with E-state index < -0.39 is 6.10 Å². The van der Waals surface area contributed by atoms with Crippen LogP contribution in [0.15, 0.2) is 97.1 Å². The molecule has 1 atom stereocenters. The summed E-state index contributed by atoms with van der Waals surface area (Å²) in [6.45, 7) is 10.0. The Hall–Kier alpha value is -5.85. The van der Waals surface area contributed by atoms with Crippen LogP contribution >= 0.6 is 0 Å². The van der Waals surface area contributed by atoms with Crippen molar-refractivity contribution in [1.29, 1.82) is 0 Å². The van der Waals surface area contributed by atoms with Crippen molar-refractivity contribution in [3.8, 4) is 34.3 Å². The van der Waals surface area contributed by atoms with Crippen LogP contribution in [0.25, 0.3) is 44.6 Å². The number of para-hydroxylation sites is 4. The second-order valence-electron chi connectivity index (χ2n) is 14.0.